The predicted molar refractivity (Wildman–Crippen MR) is 66.2 cm³/mol. The molecule has 16 heavy (non-hydrogen) atoms. The monoisotopic (exact) mass is 216 g/mol. The van der Waals surface area contributed by atoms with Gasteiger partial charge in [-0.1, -0.05) is 13.3 Å². The molecule has 2 rings (SSSR count). The number of nitrogens with one attached hydrogen (secondary N) is 1. The average molecular weight is 216 g/mol. The Morgan fingerprint density at radius 3 is 3.06 bits per heavy atom. The molecule has 1 N–H and O–H groups in total. The maximum absolute atomic E-state index is 5.79. The Hall–Kier alpha value is -1.77. The zero-order valence-electron chi connectivity index (χ0n) is 9.44. The number of aliphatic imine (C=N–C) groups is 1. The number of H-pyrrole nitrogens is 1. The summed E-state index contributed by atoms with van der Waals surface area (Å²) in [6.45, 7) is 2.89. The molecule has 1 aliphatic heterocycles. The lowest BCUT2D eigenvalue weighted by molar-refractivity contribution is 0.267. The number of allylic oxidation sites excluding steroid dienone is 2. The smallest absolute Gasteiger partial charge is 0.168 e. The van der Waals surface area contributed by atoms with Crippen LogP contribution in [0.15, 0.2) is 41.2 Å². The van der Waals surface area contributed by atoms with E-state index in [1.807, 2.05) is 30.5 Å². The van der Waals surface area contributed by atoms with E-state index in [-0.39, 0.29) is 0 Å². The maximum Gasteiger partial charge on any atom is 0.168 e. The minimum Gasteiger partial charge on any atom is -0.489 e. The van der Waals surface area contributed by atoms with E-state index >= 15 is 0 Å². The number of aromatic nitrogens is 1. The van der Waals surface area contributed by atoms with Gasteiger partial charge in [0.2, 0.25) is 0 Å². The quantitative estimate of drug-likeness (QED) is 0.596. The highest BCUT2D eigenvalue weighted by atomic mass is 16.5. The van der Waals surface area contributed by atoms with Gasteiger partial charge >= 0.3 is 0 Å². The molecule has 0 spiro atoms. The van der Waals surface area contributed by atoms with Crippen molar-refractivity contribution in [2.24, 2.45) is 4.99 Å². The van der Waals surface area contributed by atoms with Crippen LogP contribution in [0, 0.1) is 0 Å². The van der Waals surface area contributed by atoms with Gasteiger partial charge in [0.25, 0.3) is 0 Å². The Balaban J connectivity index is 2.17. The minimum absolute atomic E-state index is 0.734. The second-order valence-corrected chi connectivity index (χ2v) is 3.64. The van der Waals surface area contributed by atoms with Crippen molar-refractivity contribution in [3.63, 3.8) is 0 Å². The number of nitrogens with zero attached hydrogens (tertiary/aromatic N) is 1. The van der Waals surface area contributed by atoms with Crippen LogP contribution in [0.2, 0.25) is 0 Å². The maximum atomic E-state index is 5.79. The van der Waals surface area contributed by atoms with Crippen LogP contribution in [-0.2, 0) is 4.74 Å². The third-order valence-corrected chi connectivity index (χ3v) is 2.37. The van der Waals surface area contributed by atoms with Gasteiger partial charge < -0.3 is 9.72 Å². The van der Waals surface area contributed by atoms with E-state index in [2.05, 4.69) is 16.9 Å². The molecule has 0 atom stereocenters. The first-order valence-electron chi connectivity index (χ1n) is 5.63. The summed E-state index contributed by atoms with van der Waals surface area (Å²) in [5.74, 6) is 0.837. The van der Waals surface area contributed by atoms with Crippen LogP contribution in [0.4, 0.5) is 0 Å². The molecule has 0 fully saturated rings. The molecule has 3 heteroatoms. The number of unbranched alkanes of at least 4 members (excludes halogenated alkanes) is 1. The summed E-state index contributed by atoms with van der Waals surface area (Å²) in [4.78, 5) is 7.42. The zero-order valence-corrected chi connectivity index (χ0v) is 9.44. The molecule has 3 nitrogen and oxygen atoms in total. The molecule has 1 aromatic heterocycles. The molecule has 0 aliphatic carbocycles. The number of ether oxygens (including phenoxy) is 1. The van der Waals surface area contributed by atoms with Crippen molar-refractivity contribution in [3.8, 4) is 0 Å². The van der Waals surface area contributed by atoms with Crippen LogP contribution in [0.5, 0.6) is 0 Å². The number of hydrogen-bond acceptors (Lipinski definition) is 2. The normalized spacial score (nSPS) is 16.8. The van der Waals surface area contributed by atoms with Crippen molar-refractivity contribution >= 4 is 12.0 Å². The van der Waals surface area contributed by atoms with Crippen molar-refractivity contribution in [1.82, 2.24) is 4.98 Å². The van der Waals surface area contributed by atoms with Crippen molar-refractivity contribution in [2.45, 2.75) is 19.8 Å². The van der Waals surface area contributed by atoms with Crippen LogP contribution < -0.4 is 0 Å². The van der Waals surface area contributed by atoms with Crippen molar-refractivity contribution < 1.29 is 4.74 Å². The van der Waals surface area contributed by atoms with Gasteiger partial charge in [-0.15, -0.1) is 0 Å². The molecule has 0 radical (unpaired) electrons. The molecule has 0 aromatic carbocycles. The second-order valence-electron chi connectivity index (χ2n) is 3.64. The highest BCUT2D eigenvalue weighted by Crippen LogP contribution is 2.22. The fourth-order valence-electron chi connectivity index (χ4n) is 1.51. The molecule has 0 saturated carbocycles. The lowest BCUT2D eigenvalue weighted by Gasteiger charge is -2.09. The summed E-state index contributed by atoms with van der Waals surface area (Å²) < 4.78 is 5.79. The molecule has 1 aromatic rings. The SMILES string of the molecule is CCCCO/C(=C1/C=CC=N1)c1ccc[nH]1. The third kappa shape index (κ3) is 2.42. The van der Waals surface area contributed by atoms with Gasteiger partial charge in [-0.2, -0.15) is 0 Å². The Morgan fingerprint density at radius 2 is 2.44 bits per heavy atom. The van der Waals surface area contributed by atoms with Gasteiger partial charge in [0.15, 0.2) is 5.76 Å². The molecule has 2 heterocycles. The molecule has 0 saturated heterocycles. The summed E-state index contributed by atoms with van der Waals surface area (Å²) in [6.07, 6.45) is 9.74. The van der Waals surface area contributed by atoms with E-state index in [9.17, 15) is 0 Å². The largest absolute Gasteiger partial charge is 0.489 e. The van der Waals surface area contributed by atoms with E-state index < -0.39 is 0 Å². The first-order chi connectivity index (χ1) is 7.92. The minimum atomic E-state index is 0.734. The first kappa shape index (κ1) is 10.7. The predicted octanol–water partition coefficient (Wildman–Crippen LogP) is 3.14. The number of rotatable bonds is 5. The van der Waals surface area contributed by atoms with Crippen molar-refractivity contribution in [1.29, 1.82) is 0 Å². The van der Waals surface area contributed by atoms with Gasteiger partial charge in [0, 0.05) is 12.4 Å². The van der Waals surface area contributed by atoms with Crippen LogP contribution in [0.1, 0.15) is 25.5 Å². The van der Waals surface area contributed by atoms with E-state index in [0.717, 1.165) is 36.6 Å². The second kappa shape index (κ2) is 5.35. The van der Waals surface area contributed by atoms with Crippen LogP contribution >= 0.6 is 0 Å². The van der Waals surface area contributed by atoms with Crippen LogP contribution in [-0.4, -0.2) is 17.8 Å². The Morgan fingerprint density at radius 1 is 1.50 bits per heavy atom. The highest BCUT2D eigenvalue weighted by molar-refractivity contribution is 5.81. The van der Waals surface area contributed by atoms with Crippen molar-refractivity contribution in [2.75, 3.05) is 6.61 Å². The molecule has 0 unspecified atom stereocenters. The average Bonchev–Trinajstić information content (AvgIpc) is 2.97. The Kier molecular flexibility index (Phi) is 3.59. The van der Waals surface area contributed by atoms with Gasteiger partial charge in [-0.25, -0.2) is 0 Å². The Bertz CT molecular complexity index is 399. The summed E-state index contributed by atoms with van der Waals surface area (Å²) in [7, 11) is 0. The van der Waals surface area contributed by atoms with Gasteiger partial charge in [0.1, 0.15) is 5.70 Å². The van der Waals surface area contributed by atoms with Gasteiger partial charge in [-0.3, -0.25) is 4.99 Å². The fourth-order valence-corrected chi connectivity index (χ4v) is 1.51. The summed E-state index contributed by atoms with van der Waals surface area (Å²) >= 11 is 0. The number of aromatic amines is 1. The standard InChI is InChI=1S/C13H16N2O/c1-2-3-10-16-13(11-6-4-8-14-11)12-7-5-9-15-12/h4-9,14H,2-3,10H2,1H3/b13-12-. The fraction of sp³-hybridized carbons (Fsp3) is 0.308. The molecule has 0 amide bonds. The molecule has 0 bridgehead atoms. The van der Waals surface area contributed by atoms with Gasteiger partial charge in [-0.05, 0) is 30.7 Å². The third-order valence-electron chi connectivity index (χ3n) is 2.37. The molecule has 1 aliphatic rings. The molecule has 84 valence electrons. The van der Waals surface area contributed by atoms with E-state index in [1.54, 1.807) is 6.21 Å². The summed E-state index contributed by atoms with van der Waals surface area (Å²) in [5.41, 5.74) is 1.87. The first-order valence-corrected chi connectivity index (χ1v) is 5.63. The molecular formula is C13H16N2O. The van der Waals surface area contributed by atoms with Crippen molar-refractivity contribution in [3.05, 3.63) is 41.9 Å². The van der Waals surface area contributed by atoms with Crippen LogP contribution in [0.3, 0.4) is 0 Å². The lowest BCUT2D eigenvalue weighted by Crippen LogP contribution is -1.97. The van der Waals surface area contributed by atoms with E-state index in [0.29, 0.717) is 0 Å². The lowest BCUT2D eigenvalue weighted by atomic mass is 10.3. The highest BCUT2D eigenvalue weighted by Gasteiger charge is 2.10. The molecular weight excluding hydrogens is 200 g/mol. The summed E-state index contributed by atoms with van der Waals surface area (Å²) in [6, 6.07) is 3.96. The van der Waals surface area contributed by atoms with E-state index in [1.165, 1.54) is 0 Å². The van der Waals surface area contributed by atoms with Gasteiger partial charge in [0.05, 0.1) is 12.3 Å². The van der Waals surface area contributed by atoms with E-state index in [4.69, 9.17) is 4.74 Å². The Labute approximate surface area is 95.5 Å². The van der Waals surface area contributed by atoms with Crippen LogP contribution in [0.25, 0.3) is 5.76 Å². The summed E-state index contributed by atoms with van der Waals surface area (Å²) in [5, 5.41) is 0. The topological polar surface area (TPSA) is 37.4 Å². The number of hydrogen-bond donors (Lipinski definition) is 1. The zero-order chi connectivity index (χ0) is 11.2.